The molecule has 1 atom stereocenters. The zero-order valence-corrected chi connectivity index (χ0v) is 9.02. The molecule has 0 aliphatic carbocycles. The van der Waals surface area contributed by atoms with Crippen LogP contribution in [0.5, 0.6) is 5.75 Å². The molecule has 0 aliphatic heterocycles. The second-order valence-electron chi connectivity index (χ2n) is 3.48. The Kier molecular flexibility index (Phi) is 3.50. The highest BCUT2D eigenvalue weighted by Gasteiger charge is 2.19. The summed E-state index contributed by atoms with van der Waals surface area (Å²) in [4.78, 5) is 21.8. The average Bonchev–Trinajstić information content (AvgIpc) is 2.19. The van der Waals surface area contributed by atoms with Crippen LogP contribution in [0.3, 0.4) is 0 Å². The van der Waals surface area contributed by atoms with Crippen LogP contribution in [-0.2, 0) is 9.59 Å². The van der Waals surface area contributed by atoms with Gasteiger partial charge in [-0.15, -0.1) is 0 Å². The Morgan fingerprint density at radius 2 is 2.00 bits per heavy atom. The quantitative estimate of drug-likeness (QED) is 0.678. The molecule has 0 spiro atoms. The smallest absolute Gasteiger partial charge is 0.310 e. The molecule has 0 saturated heterocycles. The van der Waals surface area contributed by atoms with Gasteiger partial charge < -0.3 is 15.5 Å². The fraction of sp³-hybridized carbons (Fsp3) is 0.273. The number of aromatic hydroxyl groups is 1. The van der Waals surface area contributed by atoms with Crippen molar-refractivity contribution in [3.05, 3.63) is 23.8 Å². The maximum atomic E-state index is 10.9. The molecule has 1 rings (SSSR count). The highest BCUT2D eigenvalue weighted by atomic mass is 16.4. The summed E-state index contributed by atoms with van der Waals surface area (Å²) in [6, 6.07) is 4.49. The fourth-order valence-electron chi connectivity index (χ4n) is 1.36. The first kappa shape index (κ1) is 12.0. The van der Waals surface area contributed by atoms with E-state index in [1.807, 2.05) is 0 Å². The molecule has 16 heavy (non-hydrogen) atoms. The fourth-order valence-corrected chi connectivity index (χ4v) is 1.36. The van der Waals surface area contributed by atoms with Gasteiger partial charge in [-0.25, -0.2) is 0 Å². The number of amides is 1. The molecule has 0 aromatic heterocycles. The Balaban J connectivity index is 3.22. The number of carbonyl (C=O) groups is 2. The van der Waals surface area contributed by atoms with Crippen LogP contribution >= 0.6 is 0 Å². The van der Waals surface area contributed by atoms with Crippen LogP contribution in [0.4, 0.5) is 5.69 Å². The van der Waals surface area contributed by atoms with Crippen molar-refractivity contribution in [2.75, 3.05) is 5.32 Å². The minimum Gasteiger partial charge on any atom is -0.506 e. The topological polar surface area (TPSA) is 86.6 Å². The number of carboxylic acid groups (broad SMARTS) is 1. The van der Waals surface area contributed by atoms with Crippen LogP contribution in [0.1, 0.15) is 25.3 Å². The third-order valence-corrected chi connectivity index (χ3v) is 2.21. The van der Waals surface area contributed by atoms with Crippen LogP contribution in [0.2, 0.25) is 0 Å². The largest absolute Gasteiger partial charge is 0.506 e. The molecule has 86 valence electrons. The molecule has 1 aromatic carbocycles. The van der Waals surface area contributed by atoms with Crippen LogP contribution in [0, 0.1) is 0 Å². The van der Waals surface area contributed by atoms with Crippen molar-refractivity contribution in [2.45, 2.75) is 19.8 Å². The number of hydrogen-bond acceptors (Lipinski definition) is 3. The highest BCUT2D eigenvalue weighted by molar-refractivity contribution is 5.93. The van der Waals surface area contributed by atoms with E-state index in [1.54, 1.807) is 6.07 Å². The van der Waals surface area contributed by atoms with E-state index in [4.69, 9.17) is 5.11 Å². The molecule has 1 unspecified atom stereocenters. The Hall–Kier alpha value is -2.04. The number of benzene rings is 1. The van der Waals surface area contributed by atoms with Gasteiger partial charge in [0.05, 0.1) is 11.6 Å². The van der Waals surface area contributed by atoms with Gasteiger partial charge in [0, 0.05) is 6.92 Å². The predicted octanol–water partition coefficient (Wildman–Crippen LogP) is 1.54. The van der Waals surface area contributed by atoms with Gasteiger partial charge in [0.1, 0.15) is 5.75 Å². The van der Waals surface area contributed by atoms with E-state index in [-0.39, 0.29) is 17.3 Å². The van der Waals surface area contributed by atoms with Crippen molar-refractivity contribution in [1.29, 1.82) is 0 Å². The van der Waals surface area contributed by atoms with Crippen LogP contribution in [0.15, 0.2) is 18.2 Å². The Bertz CT molecular complexity index is 428. The predicted molar refractivity (Wildman–Crippen MR) is 58.5 cm³/mol. The standard InChI is InChI=1S/C11H13NO4/c1-6(11(15)16)8-4-3-5-9(14)10(8)12-7(2)13/h3-6,14H,1-2H3,(H,12,13)(H,15,16). The van der Waals surface area contributed by atoms with Gasteiger partial charge in [0.25, 0.3) is 0 Å². The Labute approximate surface area is 92.7 Å². The molecule has 0 radical (unpaired) electrons. The third kappa shape index (κ3) is 2.50. The summed E-state index contributed by atoms with van der Waals surface area (Å²) >= 11 is 0. The number of anilines is 1. The number of carboxylic acids is 1. The van der Waals surface area contributed by atoms with E-state index < -0.39 is 11.9 Å². The first-order valence-electron chi connectivity index (χ1n) is 4.75. The molecule has 0 saturated carbocycles. The summed E-state index contributed by atoms with van der Waals surface area (Å²) in [6.07, 6.45) is 0. The van der Waals surface area contributed by atoms with E-state index in [1.165, 1.54) is 26.0 Å². The molecule has 0 fully saturated rings. The highest BCUT2D eigenvalue weighted by Crippen LogP contribution is 2.32. The monoisotopic (exact) mass is 223 g/mol. The van der Waals surface area contributed by atoms with Crippen LogP contribution in [-0.4, -0.2) is 22.1 Å². The number of nitrogens with one attached hydrogen (secondary N) is 1. The van der Waals surface area contributed by atoms with E-state index in [9.17, 15) is 14.7 Å². The van der Waals surface area contributed by atoms with Gasteiger partial charge in [0.2, 0.25) is 5.91 Å². The molecule has 0 heterocycles. The summed E-state index contributed by atoms with van der Waals surface area (Å²) in [5.41, 5.74) is 0.535. The van der Waals surface area contributed by atoms with Gasteiger partial charge in [-0.3, -0.25) is 9.59 Å². The van der Waals surface area contributed by atoms with Crippen LogP contribution in [0.25, 0.3) is 0 Å². The molecule has 3 N–H and O–H groups in total. The second-order valence-corrected chi connectivity index (χ2v) is 3.48. The van der Waals surface area contributed by atoms with Gasteiger partial charge in [0.15, 0.2) is 0 Å². The zero-order valence-electron chi connectivity index (χ0n) is 9.02. The van der Waals surface area contributed by atoms with Crippen molar-refractivity contribution in [2.24, 2.45) is 0 Å². The molecule has 5 heteroatoms. The van der Waals surface area contributed by atoms with E-state index >= 15 is 0 Å². The minimum absolute atomic E-state index is 0.138. The summed E-state index contributed by atoms with van der Waals surface area (Å²) in [5, 5.41) is 20.9. The van der Waals surface area contributed by atoms with Gasteiger partial charge >= 0.3 is 5.97 Å². The number of rotatable bonds is 3. The van der Waals surface area contributed by atoms with E-state index in [2.05, 4.69) is 5.32 Å². The average molecular weight is 223 g/mol. The number of aliphatic carboxylic acids is 1. The van der Waals surface area contributed by atoms with Gasteiger partial charge in [-0.05, 0) is 18.6 Å². The maximum Gasteiger partial charge on any atom is 0.310 e. The van der Waals surface area contributed by atoms with Crippen molar-refractivity contribution >= 4 is 17.6 Å². The summed E-state index contributed by atoms with van der Waals surface area (Å²) in [5.74, 6) is -2.31. The second kappa shape index (κ2) is 4.65. The molecular weight excluding hydrogens is 210 g/mol. The number of para-hydroxylation sites is 1. The maximum absolute atomic E-state index is 10.9. The molecule has 0 bridgehead atoms. The van der Waals surface area contributed by atoms with Crippen molar-refractivity contribution < 1.29 is 19.8 Å². The number of carbonyl (C=O) groups excluding carboxylic acids is 1. The molecule has 5 nitrogen and oxygen atoms in total. The van der Waals surface area contributed by atoms with Gasteiger partial charge in [-0.1, -0.05) is 12.1 Å². The number of phenolic OH excluding ortho intramolecular Hbond substituents is 1. The lowest BCUT2D eigenvalue weighted by molar-refractivity contribution is -0.138. The summed E-state index contributed by atoms with van der Waals surface area (Å²) in [6.45, 7) is 2.78. The third-order valence-electron chi connectivity index (χ3n) is 2.21. The van der Waals surface area contributed by atoms with Crippen molar-refractivity contribution in [1.82, 2.24) is 0 Å². The first-order valence-corrected chi connectivity index (χ1v) is 4.75. The minimum atomic E-state index is -1.02. The summed E-state index contributed by atoms with van der Waals surface area (Å²) < 4.78 is 0. The molecule has 1 amide bonds. The Morgan fingerprint density at radius 1 is 1.38 bits per heavy atom. The lowest BCUT2D eigenvalue weighted by Crippen LogP contribution is -2.13. The lowest BCUT2D eigenvalue weighted by atomic mass is 9.99. The Morgan fingerprint density at radius 3 is 2.50 bits per heavy atom. The van der Waals surface area contributed by atoms with Crippen molar-refractivity contribution in [3.8, 4) is 5.75 Å². The summed E-state index contributed by atoms with van der Waals surface area (Å²) in [7, 11) is 0. The molecule has 0 aliphatic rings. The van der Waals surface area contributed by atoms with E-state index in [0.717, 1.165) is 0 Å². The first-order chi connectivity index (χ1) is 7.43. The van der Waals surface area contributed by atoms with Crippen molar-refractivity contribution in [3.63, 3.8) is 0 Å². The van der Waals surface area contributed by atoms with Gasteiger partial charge in [-0.2, -0.15) is 0 Å². The molecular formula is C11H13NO4. The lowest BCUT2D eigenvalue weighted by Gasteiger charge is -2.14. The normalized spacial score (nSPS) is 11.9. The molecule has 1 aromatic rings. The number of hydrogen-bond donors (Lipinski definition) is 3. The van der Waals surface area contributed by atoms with E-state index in [0.29, 0.717) is 5.56 Å². The zero-order chi connectivity index (χ0) is 12.3. The van der Waals surface area contributed by atoms with Crippen LogP contribution < -0.4 is 5.32 Å². The SMILES string of the molecule is CC(=O)Nc1c(O)cccc1C(C)C(=O)O. The number of phenols is 1.